The average Bonchev–Trinajstić information content (AvgIpc) is 2.75. The van der Waals surface area contributed by atoms with Crippen LogP contribution in [0.2, 0.25) is 5.02 Å². The van der Waals surface area contributed by atoms with Gasteiger partial charge in [-0.1, -0.05) is 34.6 Å². The maximum absolute atomic E-state index is 11.8. The van der Waals surface area contributed by atoms with Crippen LogP contribution in [0.3, 0.4) is 0 Å². The Morgan fingerprint density at radius 1 is 1.39 bits per heavy atom. The van der Waals surface area contributed by atoms with Gasteiger partial charge in [-0.2, -0.15) is 0 Å². The standard InChI is InChI=1S/C13H12ClNO2S/c1-7-4-5-9(13(16)18-3)12(14)11(7)10-6-8(2)15-17-10/h4-6H,1-3H3. The number of aromatic nitrogens is 1. The number of hydrogen-bond acceptors (Lipinski definition) is 4. The van der Waals surface area contributed by atoms with E-state index in [4.69, 9.17) is 16.1 Å². The molecule has 0 aliphatic rings. The predicted molar refractivity (Wildman–Crippen MR) is 74.3 cm³/mol. The molecule has 0 spiro atoms. The molecule has 0 saturated carbocycles. The van der Waals surface area contributed by atoms with Crippen molar-refractivity contribution in [3.8, 4) is 11.3 Å². The number of rotatable bonds is 2. The first kappa shape index (κ1) is 13.2. The van der Waals surface area contributed by atoms with Gasteiger partial charge in [-0.3, -0.25) is 4.79 Å². The summed E-state index contributed by atoms with van der Waals surface area (Å²) in [5, 5.41) is 4.21. The smallest absolute Gasteiger partial charge is 0.220 e. The molecule has 0 N–H and O–H groups in total. The van der Waals surface area contributed by atoms with Gasteiger partial charge < -0.3 is 4.52 Å². The zero-order valence-electron chi connectivity index (χ0n) is 10.3. The molecule has 2 rings (SSSR count). The Bertz CT molecular complexity index is 607. The molecule has 0 fully saturated rings. The van der Waals surface area contributed by atoms with E-state index in [0.29, 0.717) is 16.3 Å². The first-order valence-electron chi connectivity index (χ1n) is 5.35. The van der Waals surface area contributed by atoms with Crippen LogP contribution in [0, 0.1) is 13.8 Å². The SMILES string of the molecule is CSC(=O)c1ccc(C)c(-c2cc(C)no2)c1Cl. The summed E-state index contributed by atoms with van der Waals surface area (Å²) in [6, 6.07) is 5.41. The van der Waals surface area contributed by atoms with Gasteiger partial charge in [0.15, 0.2) is 5.76 Å². The van der Waals surface area contributed by atoms with Crippen molar-refractivity contribution in [1.29, 1.82) is 0 Å². The zero-order chi connectivity index (χ0) is 13.3. The zero-order valence-corrected chi connectivity index (χ0v) is 11.9. The molecule has 1 heterocycles. The van der Waals surface area contributed by atoms with Crippen LogP contribution in [0.25, 0.3) is 11.3 Å². The van der Waals surface area contributed by atoms with Crippen LogP contribution in [0.15, 0.2) is 22.7 Å². The third-order valence-corrected chi connectivity index (χ3v) is 3.61. The molecule has 0 amide bonds. The number of aryl methyl sites for hydroxylation is 2. The molecule has 1 aromatic carbocycles. The van der Waals surface area contributed by atoms with Crippen LogP contribution < -0.4 is 0 Å². The summed E-state index contributed by atoms with van der Waals surface area (Å²) in [5.41, 5.74) is 2.96. The number of thioether (sulfide) groups is 1. The highest BCUT2D eigenvalue weighted by Crippen LogP contribution is 2.35. The lowest BCUT2D eigenvalue weighted by molar-refractivity contribution is 0.108. The normalized spacial score (nSPS) is 10.7. The van der Waals surface area contributed by atoms with Gasteiger partial charge in [-0.15, -0.1) is 0 Å². The Hall–Kier alpha value is -1.26. The van der Waals surface area contributed by atoms with Gasteiger partial charge in [-0.05, 0) is 31.7 Å². The van der Waals surface area contributed by atoms with Crippen LogP contribution in [0.5, 0.6) is 0 Å². The molecular weight excluding hydrogens is 270 g/mol. The van der Waals surface area contributed by atoms with Crippen molar-refractivity contribution < 1.29 is 9.32 Å². The second-order valence-electron chi connectivity index (χ2n) is 3.94. The summed E-state index contributed by atoms with van der Waals surface area (Å²) in [5.74, 6) is 0.589. The molecule has 0 saturated heterocycles. The second kappa shape index (κ2) is 5.16. The molecular formula is C13H12ClNO2S. The molecule has 1 aromatic heterocycles. The van der Waals surface area contributed by atoms with Crippen molar-refractivity contribution in [3.63, 3.8) is 0 Å². The van der Waals surface area contributed by atoms with Crippen molar-refractivity contribution in [2.45, 2.75) is 13.8 Å². The molecule has 2 aromatic rings. The molecule has 5 heteroatoms. The number of halogens is 1. The minimum atomic E-state index is -0.0579. The fraction of sp³-hybridized carbons (Fsp3) is 0.231. The molecule has 0 atom stereocenters. The fourth-order valence-electron chi connectivity index (χ4n) is 1.72. The number of benzene rings is 1. The Morgan fingerprint density at radius 3 is 2.67 bits per heavy atom. The summed E-state index contributed by atoms with van der Waals surface area (Å²) in [4.78, 5) is 11.8. The van der Waals surface area contributed by atoms with Gasteiger partial charge in [-0.25, -0.2) is 0 Å². The Balaban J connectivity index is 2.63. The highest BCUT2D eigenvalue weighted by atomic mass is 35.5. The van der Waals surface area contributed by atoms with E-state index in [1.165, 1.54) is 0 Å². The summed E-state index contributed by atoms with van der Waals surface area (Å²) in [7, 11) is 0. The second-order valence-corrected chi connectivity index (χ2v) is 5.10. The highest BCUT2D eigenvalue weighted by molar-refractivity contribution is 8.13. The third-order valence-electron chi connectivity index (χ3n) is 2.63. The van der Waals surface area contributed by atoms with Crippen LogP contribution in [-0.4, -0.2) is 16.5 Å². The van der Waals surface area contributed by atoms with Gasteiger partial charge in [0.05, 0.1) is 10.7 Å². The quantitative estimate of drug-likeness (QED) is 0.831. The Morgan fingerprint density at radius 2 is 2.11 bits per heavy atom. The van der Waals surface area contributed by atoms with Crippen molar-refractivity contribution in [1.82, 2.24) is 5.16 Å². The topological polar surface area (TPSA) is 43.1 Å². The number of carbonyl (C=O) groups excluding carboxylic acids is 1. The molecule has 0 unspecified atom stereocenters. The van der Waals surface area contributed by atoms with Gasteiger partial charge in [0, 0.05) is 17.2 Å². The van der Waals surface area contributed by atoms with E-state index in [0.717, 1.165) is 28.6 Å². The Kier molecular flexibility index (Phi) is 3.78. The lowest BCUT2D eigenvalue weighted by Crippen LogP contribution is -1.96. The molecule has 0 radical (unpaired) electrons. The van der Waals surface area contributed by atoms with Crippen LogP contribution >= 0.6 is 23.4 Å². The molecule has 18 heavy (non-hydrogen) atoms. The van der Waals surface area contributed by atoms with Crippen LogP contribution in [-0.2, 0) is 0 Å². The van der Waals surface area contributed by atoms with Crippen LogP contribution in [0.1, 0.15) is 21.6 Å². The molecule has 3 nitrogen and oxygen atoms in total. The van der Waals surface area contributed by atoms with Crippen molar-refractivity contribution in [3.05, 3.63) is 40.0 Å². The first-order valence-corrected chi connectivity index (χ1v) is 6.96. The summed E-state index contributed by atoms with van der Waals surface area (Å²) in [6.07, 6.45) is 1.73. The van der Waals surface area contributed by atoms with Gasteiger partial charge >= 0.3 is 0 Å². The van der Waals surface area contributed by atoms with Gasteiger partial charge in [0.25, 0.3) is 0 Å². The molecule has 0 aliphatic carbocycles. The van der Waals surface area contributed by atoms with E-state index >= 15 is 0 Å². The maximum Gasteiger partial charge on any atom is 0.220 e. The lowest BCUT2D eigenvalue weighted by Gasteiger charge is -2.08. The third kappa shape index (κ3) is 2.31. The summed E-state index contributed by atoms with van der Waals surface area (Å²) < 4.78 is 5.23. The molecule has 94 valence electrons. The monoisotopic (exact) mass is 281 g/mol. The van der Waals surface area contributed by atoms with Crippen LogP contribution in [0.4, 0.5) is 0 Å². The van der Waals surface area contributed by atoms with Crippen molar-refractivity contribution in [2.24, 2.45) is 0 Å². The summed E-state index contributed by atoms with van der Waals surface area (Å²) >= 11 is 7.45. The lowest BCUT2D eigenvalue weighted by atomic mass is 10.0. The Labute approximate surface area is 115 Å². The minimum Gasteiger partial charge on any atom is -0.356 e. The number of hydrogen-bond donors (Lipinski definition) is 0. The predicted octanol–water partition coefficient (Wildman–Crippen LogP) is 4.12. The average molecular weight is 282 g/mol. The van der Waals surface area contributed by atoms with Gasteiger partial charge in [0.2, 0.25) is 5.12 Å². The van der Waals surface area contributed by atoms with E-state index in [2.05, 4.69) is 5.16 Å². The van der Waals surface area contributed by atoms with E-state index in [-0.39, 0.29) is 5.12 Å². The van der Waals surface area contributed by atoms with Gasteiger partial charge in [0.1, 0.15) is 0 Å². The largest absolute Gasteiger partial charge is 0.356 e. The van der Waals surface area contributed by atoms with E-state index in [1.807, 2.05) is 26.0 Å². The van der Waals surface area contributed by atoms with E-state index in [9.17, 15) is 4.79 Å². The van der Waals surface area contributed by atoms with Crippen molar-refractivity contribution >= 4 is 28.5 Å². The number of nitrogens with zero attached hydrogens (tertiary/aromatic N) is 1. The van der Waals surface area contributed by atoms with Crippen molar-refractivity contribution in [2.75, 3.05) is 6.26 Å². The van der Waals surface area contributed by atoms with E-state index < -0.39 is 0 Å². The fourth-order valence-corrected chi connectivity index (χ4v) is 2.56. The van der Waals surface area contributed by atoms with E-state index in [1.54, 1.807) is 12.3 Å². The first-order chi connectivity index (χ1) is 8.54. The molecule has 0 aliphatic heterocycles. The highest BCUT2D eigenvalue weighted by Gasteiger charge is 2.18. The maximum atomic E-state index is 11.8. The summed E-state index contributed by atoms with van der Waals surface area (Å²) in [6.45, 7) is 3.76. The molecule has 0 bridgehead atoms. The minimum absolute atomic E-state index is 0.0579. The number of carbonyl (C=O) groups is 1.